The van der Waals surface area contributed by atoms with Gasteiger partial charge in [0, 0.05) is 52.9 Å². The van der Waals surface area contributed by atoms with Crippen LogP contribution >= 0.6 is 0 Å². The van der Waals surface area contributed by atoms with E-state index in [2.05, 4.69) is 79.7 Å². The topological polar surface area (TPSA) is 153 Å². The van der Waals surface area contributed by atoms with Crippen LogP contribution in [0.15, 0.2) is 54.6 Å². The number of phenolic OH excluding ortho intramolecular Hbond substituents is 1. The highest BCUT2D eigenvalue weighted by molar-refractivity contribution is 6.74. The highest BCUT2D eigenvalue weighted by atomic mass is 28.4. The maximum absolute atomic E-state index is 14.6. The fourth-order valence-electron chi connectivity index (χ4n) is 9.64. The number of alkyl carbamates (subject to hydrolysis) is 1. The Balaban J connectivity index is 1.35. The highest BCUT2D eigenvalue weighted by Gasteiger charge is 2.44. The van der Waals surface area contributed by atoms with Crippen LogP contribution in [-0.2, 0) is 22.3 Å². The van der Waals surface area contributed by atoms with E-state index in [1.54, 1.807) is 21.3 Å². The van der Waals surface area contributed by atoms with Gasteiger partial charge in [-0.1, -0.05) is 69.3 Å². The van der Waals surface area contributed by atoms with Gasteiger partial charge in [-0.3, -0.25) is 4.90 Å². The molecule has 342 valence electrons. The quantitative estimate of drug-likeness (QED) is 0.104. The molecule has 1 saturated heterocycles. The van der Waals surface area contributed by atoms with Crippen LogP contribution in [0, 0.1) is 25.2 Å². The molecule has 3 aliphatic rings. The minimum absolute atomic E-state index is 0.0780. The third kappa shape index (κ3) is 8.70. The van der Waals surface area contributed by atoms with Crippen molar-refractivity contribution in [1.29, 1.82) is 5.26 Å². The van der Waals surface area contributed by atoms with Crippen LogP contribution in [0.5, 0.6) is 34.5 Å². The van der Waals surface area contributed by atoms with Crippen molar-refractivity contribution in [2.24, 2.45) is 0 Å². The van der Waals surface area contributed by atoms with Crippen molar-refractivity contribution >= 4 is 14.4 Å². The number of methoxy groups -OCH3 is 4. The monoisotopic (exact) mass is 892 g/mol. The fraction of sp³-hybridized carbons (Fsp3) is 0.480. The second kappa shape index (κ2) is 18.9. The molecule has 1 amide bonds. The Labute approximate surface area is 379 Å². The Hall–Kier alpha value is -5.46. The number of aromatic hydroxyl groups is 1. The van der Waals surface area contributed by atoms with Gasteiger partial charge in [-0.2, -0.15) is 5.26 Å². The first-order chi connectivity index (χ1) is 30.6. The van der Waals surface area contributed by atoms with Crippen LogP contribution in [0.2, 0.25) is 18.1 Å². The van der Waals surface area contributed by atoms with Crippen LogP contribution in [-0.4, -0.2) is 104 Å². The molecule has 0 bridgehead atoms. The van der Waals surface area contributed by atoms with Gasteiger partial charge in [0.2, 0.25) is 0 Å². The van der Waals surface area contributed by atoms with Crippen molar-refractivity contribution in [2.75, 3.05) is 61.3 Å². The summed E-state index contributed by atoms with van der Waals surface area (Å²) < 4.78 is 42.9. The molecule has 14 heteroatoms. The zero-order valence-electron chi connectivity index (χ0n) is 39.1. The van der Waals surface area contributed by atoms with Gasteiger partial charge in [-0.15, -0.1) is 0 Å². The first-order valence-electron chi connectivity index (χ1n) is 22.1. The van der Waals surface area contributed by atoms with E-state index in [1.807, 2.05) is 44.2 Å². The highest BCUT2D eigenvalue weighted by Crippen LogP contribution is 2.51. The molecule has 0 saturated carbocycles. The Bertz CT molecular complexity index is 2360. The van der Waals surface area contributed by atoms with Gasteiger partial charge in [0.15, 0.2) is 17.2 Å². The number of nitrogens with zero attached hydrogens (tertiary/aromatic N) is 2. The number of hydrogen-bond acceptors (Lipinski definition) is 12. The normalized spacial score (nSPS) is 18.4. The lowest BCUT2D eigenvalue weighted by Crippen LogP contribution is -2.59. The first kappa shape index (κ1) is 46.5. The molecule has 0 unspecified atom stereocenters. The number of morpholine rings is 1. The molecule has 4 atom stereocenters. The third-order valence-corrected chi connectivity index (χ3v) is 18.2. The summed E-state index contributed by atoms with van der Waals surface area (Å²) in [4.78, 5) is 16.7. The largest absolute Gasteiger partial charge is 0.541 e. The van der Waals surface area contributed by atoms with Crippen molar-refractivity contribution in [3.63, 3.8) is 0 Å². The molecule has 4 aromatic rings. The van der Waals surface area contributed by atoms with Crippen molar-refractivity contribution in [1.82, 2.24) is 15.5 Å². The van der Waals surface area contributed by atoms with Crippen LogP contribution in [0.3, 0.4) is 0 Å². The minimum Gasteiger partial charge on any atom is -0.541 e. The number of benzene rings is 4. The first-order valence-corrected chi connectivity index (χ1v) is 25.0. The molecular formula is C50H64N4O9Si. The summed E-state index contributed by atoms with van der Waals surface area (Å²) in [6.07, 6.45) is -0.103. The zero-order valence-corrected chi connectivity index (χ0v) is 40.1. The predicted molar refractivity (Wildman–Crippen MR) is 249 cm³/mol. The molecule has 64 heavy (non-hydrogen) atoms. The number of hydrogen-bond donors (Lipinski definition) is 3. The molecule has 0 aromatic heterocycles. The lowest BCUT2D eigenvalue weighted by Gasteiger charge is -2.43. The number of phenols is 1. The number of ether oxygens (including phenoxy) is 6. The second-order valence-corrected chi connectivity index (χ2v) is 23.2. The molecule has 0 spiro atoms. The van der Waals surface area contributed by atoms with Crippen LogP contribution in [0.1, 0.15) is 71.7 Å². The van der Waals surface area contributed by atoms with E-state index < -0.39 is 38.6 Å². The summed E-state index contributed by atoms with van der Waals surface area (Å²) in [5.74, 6) is 2.27. The molecule has 3 N–H and O–H groups in total. The summed E-state index contributed by atoms with van der Waals surface area (Å²) in [6.45, 7) is 17.0. The summed E-state index contributed by atoms with van der Waals surface area (Å²) >= 11 is 0. The maximum Gasteiger partial charge on any atom is 0.407 e. The summed E-state index contributed by atoms with van der Waals surface area (Å²) in [6, 6.07) is 18.3. The SMILES string of the molecule is COc1c(C[C@H](NC(=O)OCC2c3ccccc3-c3ccccc32)[C@@H]2N[C@H]([C@H](C#N)N3CCOCC3)Cc3c(OC)c(C)c(OC)c(O)c32)cc(O[Si](C)(C)C(C)(C)C)c(OC)c1C. The number of carbonyl (C=O) groups excluding carboxylic acids is 1. The summed E-state index contributed by atoms with van der Waals surface area (Å²) in [7, 11) is 3.94. The van der Waals surface area contributed by atoms with Gasteiger partial charge in [0.05, 0.1) is 59.8 Å². The Morgan fingerprint density at radius 1 is 0.922 bits per heavy atom. The molecule has 7 rings (SSSR count). The molecule has 1 fully saturated rings. The van der Waals surface area contributed by atoms with Gasteiger partial charge < -0.3 is 48.6 Å². The minimum atomic E-state index is -2.39. The standard InChI is InChI=1S/C50H64N4O9Si/c1-29-45(57-6)31(25-41(47(29)59-8)63-64(10,11)50(3,4)5)24-39(53-49(56)62-28-37-34-18-14-12-16-32(34)33-17-13-15-19-35(33)37)43-42-36(46(58-7)30(2)48(60-9)44(42)55)26-38(52-43)40(27-51)54-20-22-61-23-21-54/h12-19,25,37-40,43,52,55H,20-24,26,28H2,1-11H3,(H,53,56)/t38-,39-,40-,43-/m0/s1. The molecule has 4 aromatic carbocycles. The second-order valence-electron chi connectivity index (χ2n) is 18.5. The van der Waals surface area contributed by atoms with E-state index in [4.69, 9.17) is 32.8 Å². The number of rotatable bonds is 14. The smallest absolute Gasteiger partial charge is 0.407 e. The van der Waals surface area contributed by atoms with Gasteiger partial charge >= 0.3 is 6.09 Å². The Kier molecular flexibility index (Phi) is 13.8. The maximum atomic E-state index is 14.6. The average molecular weight is 893 g/mol. The van der Waals surface area contributed by atoms with E-state index in [0.717, 1.165) is 38.9 Å². The van der Waals surface area contributed by atoms with E-state index in [9.17, 15) is 15.2 Å². The number of nitriles is 1. The van der Waals surface area contributed by atoms with Crippen molar-refractivity contribution in [2.45, 2.75) is 95.7 Å². The summed E-state index contributed by atoms with van der Waals surface area (Å²) in [5, 5.41) is 30.0. The Morgan fingerprint density at radius 2 is 1.50 bits per heavy atom. The zero-order chi connectivity index (χ0) is 46.1. The van der Waals surface area contributed by atoms with Crippen molar-refractivity contribution < 1.29 is 42.7 Å². The van der Waals surface area contributed by atoms with Gasteiger partial charge in [0.25, 0.3) is 8.32 Å². The lowest BCUT2D eigenvalue weighted by molar-refractivity contribution is 0.0179. The molecule has 2 aliphatic heterocycles. The van der Waals surface area contributed by atoms with Crippen molar-refractivity contribution in [3.8, 4) is 51.7 Å². The lowest BCUT2D eigenvalue weighted by atomic mass is 9.80. The van der Waals surface area contributed by atoms with Crippen LogP contribution in [0.4, 0.5) is 4.79 Å². The van der Waals surface area contributed by atoms with Gasteiger partial charge in [-0.25, -0.2) is 4.79 Å². The molecule has 0 radical (unpaired) electrons. The number of amides is 1. The number of fused-ring (bicyclic) bond motifs is 4. The van der Waals surface area contributed by atoms with Gasteiger partial charge in [0.1, 0.15) is 29.9 Å². The molecular weight excluding hydrogens is 829 g/mol. The van der Waals surface area contributed by atoms with E-state index >= 15 is 0 Å². The average Bonchev–Trinajstić information content (AvgIpc) is 3.59. The molecule has 13 nitrogen and oxygen atoms in total. The van der Waals surface area contributed by atoms with Crippen LogP contribution < -0.4 is 34.0 Å². The Morgan fingerprint density at radius 3 is 2.06 bits per heavy atom. The fourth-order valence-corrected chi connectivity index (χ4v) is 10.7. The number of nitrogens with one attached hydrogen (secondary N) is 2. The molecule has 2 heterocycles. The third-order valence-electron chi connectivity index (χ3n) is 13.8. The summed E-state index contributed by atoms with van der Waals surface area (Å²) in [5.41, 5.74) is 7.76. The van der Waals surface area contributed by atoms with E-state index in [0.29, 0.717) is 66.8 Å². The van der Waals surface area contributed by atoms with E-state index in [1.165, 1.54) is 7.11 Å². The van der Waals surface area contributed by atoms with Gasteiger partial charge in [-0.05, 0) is 73.1 Å². The predicted octanol–water partition coefficient (Wildman–Crippen LogP) is 8.36. The van der Waals surface area contributed by atoms with Crippen molar-refractivity contribution in [3.05, 3.63) is 93.5 Å². The van der Waals surface area contributed by atoms with E-state index in [-0.39, 0.29) is 35.5 Å². The number of carbonyl (C=O) groups is 1. The molecule has 1 aliphatic carbocycles. The van der Waals surface area contributed by atoms with Crippen LogP contribution in [0.25, 0.3) is 11.1 Å².